The van der Waals surface area contributed by atoms with Gasteiger partial charge in [0.25, 0.3) is 0 Å². The first-order valence-electron chi connectivity index (χ1n) is 5.95. The third-order valence-corrected chi connectivity index (χ3v) is 3.76. The minimum atomic E-state index is -0.163. The maximum Gasteiger partial charge on any atom is 0.234 e. The monoisotopic (exact) mass is 289 g/mol. The molecule has 0 fully saturated rings. The fraction of sp³-hybridized carbons (Fsp3) is 0.167. The van der Waals surface area contributed by atoms with Gasteiger partial charge in [-0.05, 0) is 24.3 Å². The van der Waals surface area contributed by atoms with Crippen molar-refractivity contribution in [3.63, 3.8) is 0 Å². The number of rotatable bonds is 3. The van der Waals surface area contributed by atoms with Crippen molar-refractivity contribution in [1.29, 1.82) is 0 Å². The Kier molecular flexibility index (Phi) is 3.07. The molecule has 0 saturated carbocycles. The zero-order chi connectivity index (χ0) is 14.1. The Hall–Kier alpha value is -2.48. The first kappa shape index (κ1) is 12.5. The number of thiazole rings is 1. The van der Waals surface area contributed by atoms with E-state index >= 15 is 0 Å². The topological polar surface area (TPSA) is 97.0 Å². The molecule has 20 heavy (non-hydrogen) atoms. The van der Waals surface area contributed by atoms with Gasteiger partial charge in [-0.3, -0.25) is 0 Å². The molecule has 3 rings (SSSR count). The third-order valence-electron chi connectivity index (χ3n) is 2.68. The lowest BCUT2D eigenvalue weighted by molar-refractivity contribution is 0.458. The predicted octanol–water partition coefficient (Wildman–Crippen LogP) is 1.89. The SMILES string of the molecule is CCn1nnc(-c2sc(-c3ccccc3O)nc2O)n1. The van der Waals surface area contributed by atoms with Gasteiger partial charge >= 0.3 is 0 Å². The summed E-state index contributed by atoms with van der Waals surface area (Å²) in [6.45, 7) is 2.49. The highest BCUT2D eigenvalue weighted by Gasteiger charge is 2.19. The van der Waals surface area contributed by atoms with Gasteiger partial charge in [0, 0.05) is 0 Å². The van der Waals surface area contributed by atoms with Crippen LogP contribution in [0.1, 0.15) is 6.92 Å². The summed E-state index contributed by atoms with van der Waals surface area (Å²) in [7, 11) is 0. The van der Waals surface area contributed by atoms with Crippen LogP contribution in [-0.4, -0.2) is 35.4 Å². The number of hydrogen-bond acceptors (Lipinski definition) is 7. The van der Waals surface area contributed by atoms with Crippen molar-refractivity contribution >= 4 is 11.3 Å². The summed E-state index contributed by atoms with van der Waals surface area (Å²) >= 11 is 1.20. The van der Waals surface area contributed by atoms with E-state index in [1.54, 1.807) is 24.3 Å². The van der Waals surface area contributed by atoms with Gasteiger partial charge in [0.05, 0.1) is 12.1 Å². The lowest BCUT2D eigenvalue weighted by Gasteiger charge is -1.98. The van der Waals surface area contributed by atoms with Gasteiger partial charge in [-0.25, -0.2) is 4.98 Å². The van der Waals surface area contributed by atoms with E-state index in [4.69, 9.17) is 0 Å². The summed E-state index contributed by atoms with van der Waals surface area (Å²) in [5.74, 6) is 0.269. The fourth-order valence-electron chi connectivity index (χ4n) is 1.70. The number of aromatic nitrogens is 5. The molecule has 0 spiro atoms. The second kappa shape index (κ2) is 4.89. The van der Waals surface area contributed by atoms with E-state index in [-0.39, 0.29) is 11.6 Å². The summed E-state index contributed by atoms with van der Waals surface area (Å²) in [5.41, 5.74) is 0.557. The Labute approximate surface area is 118 Å². The van der Waals surface area contributed by atoms with Crippen LogP contribution in [0.2, 0.25) is 0 Å². The van der Waals surface area contributed by atoms with Gasteiger partial charge in [-0.2, -0.15) is 4.80 Å². The number of phenolic OH excluding ortho intramolecular Hbond substituents is 1. The number of nitrogens with zero attached hydrogens (tertiary/aromatic N) is 5. The van der Waals surface area contributed by atoms with Gasteiger partial charge in [0.15, 0.2) is 0 Å². The van der Waals surface area contributed by atoms with E-state index in [2.05, 4.69) is 20.4 Å². The van der Waals surface area contributed by atoms with Crippen LogP contribution in [0, 0.1) is 0 Å². The van der Waals surface area contributed by atoms with E-state index in [0.717, 1.165) is 0 Å². The Balaban J connectivity index is 2.05. The number of hydrogen-bond donors (Lipinski definition) is 2. The van der Waals surface area contributed by atoms with Crippen molar-refractivity contribution in [2.45, 2.75) is 13.5 Å². The Bertz CT molecular complexity index is 752. The molecule has 7 nitrogen and oxygen atoms in total. The summed E-state index contributed by atoms with van der Waals surface area (Å²) < 4.78 is 0. The summed E-state index contributed by atoms with van der Waals surface area (Å²) in [4.78, 5) is 5.91. The molecule has 0 radical (unpaired) electrons. The molecule has 0 atom stereocenters. The first-order chi connectivity index (χ1) is 9.69. The molecule has 0 aliphatic carbocycles. The van der Waals surface area contributed by atoms with Crippen LogP contribution in [0.5, 0.6) is 11.6 Å². The molecule has 2 aromatic heterocycles. The molecule has 2 heterocycles. The number of phenols is 1. The average molecular weight is 289 g/mol. The van der Waals surface area contributed by atoms with Gasteiger partial charge in [-0.1, -0.05) is 12.1 Å². The van der Waals surface area contributed by atoms with Crippen molar-refractivity contribution in [3.05, 3.63) is 24.3 Å². The second-order valence-electron chi connectivity index (χ2n) is 3.99. The molecule has 0 saturated heterocycles. The Morgan fingerprint density at radius 3 is 2.75 bits per heavy atom. The van der Waals surface area contributed by atoms with Gasteiger partial charge < -0.3 is 10.2 Å². The van der Waals surface area contributed by atoms with Crippen molar-refractivity contribution in [2.75, 3.05) is 0 Å². The lowest BCUT2D eigenvalue weighted by Crippen LogP contribution is -1.98. The van der Waals surface area contributed by atoms with E-state index in [1.807, 2.05) is 6.92 Å². The molecule has 0 bridgehead atoms. The molecule has 2 N–H and O–H groups in total. The van der Waals surface area contributed by atoms with Crippen LogP contribution < -0.4 is 0 Å². The quantitative estimate of drug-likeness (QED) is 0.764. The number of aryl methyl sites for hydroxylation is 1. The highest BCUT2D eigenvalue weighted by Crippen LogP contribution is 2.40. The highest BCUT2D eigenvalue weighted by molar-refractivity contribution is 7.18. The zero-order valence-electron chi connectivity index (χ0n) is 10.6. The van der Waals surface area contributed by atoms with Crippen LogP contribution in [0.4, 0.5) is 0 Å². The standard InChI is InChI=1S/C12H11N5O2S/c1-2-17-15-10(14-16-17)9-11(19)13-12(20-9)7-5-3-4-6-8(7)18/h3-6,18-19H,2H2,1H3. The second-order valence-corrected chi connectivity index (χ2v) is 4.99. The summed E-state index contributed by atoms with van der Waals surface area (Å²) in [6, 6.07) is 6.81. The van der Waals surface area contributed by atoms with E-state index < -0.39 is 0 Å². The maximum atomic E-state index is 9.92. The summed E-state index contributed by atoms with van der Waals surface area (Å²) in [6.07, 6.45) is 0. The van der Waals surface area contributed by atoms with Crippen molar-refractivity contribution in [3.8, 4) is 32.9 Å². The largest absolute Gasteiger partial charge is 0.507 e. The Morgan fingerprint density at radius 2 is 2.05 bits per heavy atom. The molecule has 8 heteroatoms. The van der Waals surface area contributed by atoms with Crippen LogP contribution in [0.25, 0.3) is 21.3 Å². The van der Waals surface area contributed by atoms with Crippen LogP contribution in [-0.2, 0) is 6.54 Å². The molecular weight excluding hydrogens is 278 g/mol. The van der Waals surface area contributed by atoms with Crippen LogP contribution in [0.15, 0.2) is 24.3 Å². The van der Waals surface area contributed by atoms with Gasteiger partial charge in [-0.15, -0.1) is 21.5 Å². The van der Waals surface area contributed by atoms with Crippen molar-refractivity contribution in [2.24, 2.45) is 0 Å². The molecule has 0 aliphatic heterocycles. The average Bonchev–Trinajstić information content (AvgIpc) is 3.05. The molecule has 3 aromatic rings. The van der Waals surface area contributed by atoms with Gasteiger partial charge in [0.2, 0.25) is 11.7 Å². The number of aromatic hydroxyl groups is 2. The normalized spacial score (nSPS) is 10.8. The highest BCUT2D eigenvalue weighted by atomic mass is 32.1. The van der Waals surface area contributed by atoms with Crippen LogP contribution in [0.3, 0.4) is 0 Å². The number of para-hydroxylation sites is 1. The van der Waals surface area contributed by atoms with Gasteiger partial charge in [0.1, 0.15) is 15.6 Å². The minimum absolute atomic E-state index is 0.109. The fourth-order valence-corrected chi connectivity index (χ4v) is 2.61. The maximum absolute atomic E-state index is 9.92. The predicted molar refractivity (Wildman–Crippen MR) is 73.4 cm³/mol. The van der Waals surface area contributed by atoms with E-state index in [9.17, 15) is 10.2 Å². The molecule has 0 aliphatic rings. The summed E-state index contributed by atoms with van der Waals surface area (Å²) in [5, 5.41) is 32.1. The first-order valence-corrected chi connectivity index (χ1v) is 6.77. The number of tetrazole rings is 1. The molecule has 1 aromatic carbocycles. The minimum Gasteiger partial charge on any atom is -0.507 e. The Morgan fingerprint density at radius 1 is 1.25 bits per heavy atom. The smallest absolute Gasteiger partial charge is 0.234 e. The zero-order valence-corrected chi connectivity index (χ0v) is 11.4. The van der Waals surface area contributed by atoms with Crippen molar-refractivity contribution < 1.29 is 10.2 Å². The molecular formula is C12H11N5O2S. The van der Waals surface area contributed by atoms with Crippen molar-refractivity contribution in [1.82, 2.24) is 25.2 Å². The number of benzene rings is 1. The third kappa shape index (κ3) is 2.10. The van der Waals surface area contributed by atoms with E-state index in [1.165, 1.54) is 16.1 Å². The molecule has 0 unspecified atom stereocenters. The lowest BCUT2D eigenvalue weighted by atomic mass is 10.2. The van der Waals surface area contributed by atoms with Crippen LogP contribution >= 0.6 is 11.3 Å². The molecule has 0 amide bonds. The molecule has 102 valence electrons. The van der Waals surface area contributed by atoms with E-state index in [0.29, 0.717) is 27.8 Å².